The first kappa shape index (κ1) is 23.4. The molecule has 186 valence electrons. The predicted molar refractivity (Wildman–Crippen MR) is 125 cm³/mol. The number of nitrogens with one attached hydrogen (secondary N) is 1. The van der Waals surface area contributed by atoms with Crippen molar-refractivity contribution in [1.82, 2.24) is 23.9 Å². The van der Waals surface area contributed by atoms with E-state index in [9.17, 15) is 22.8 Å². The van der Waals surface area contributed by atoms with Crippen LogP contribution in [0.2, 0.25) is 0 Å². The molecule has 1 aliphatic carbocycles. The van der Waals surface area contributed by atoms with E-state index in [0.29, 0.717) is 43.0 Å². The minimum absolute atomic E-state index is 0.252. The number of pyridine rings is 1. The maximum absolute atomic E-state index is 13.1. The number of ether oxygens (including phenoxy) is 1. The molecule has 36 heavy (non-hydrogen) atoms. The third-order valence-corrected chi connectivity index (χ3v) is 5.90. The Labute approximate surface area is 202 Å². The van der Waals surface area contributed by atoms with Crippen molar-refractivity contribution < 1.29 is 17.9 Å². The smallest absolute Gasteiger partial charge is 0.406 e. The third-order valence-electron chi connectivity index (χ3n) is 5.90. The Morgan fingerprint density at radius 3 is 2.47 bits per heavy atom. The van der Waals surface area contributed by atoms with Gasteiger partial charge in [0.15, 0.2) is 5.82 Å². The van der Waals surface area contributed by atoms with Gasteiger partial charge in [-0.3, -0.25) is 9.59 Å². The van der Waals surface area contributed by atoms with Crippen molar-refractivity contribution in [2.45, 2.75) is 38.7 Å². The number of benzene rings is 1. The molecule has 0 saturated heterocycles. The molecular formula is C24H21F3N6O3. The summed E-state index contributed by atoms with van der Waals surface area (Å²) < 4.78 is 45.9. The molecule has 3 aromatic heterocycles. The van der Waals surface area contributed by atoms with Crippen LogP contribution >= 0.6 is 0 Å². The molecule has 9 nitrogen and oxygen atoms in total. The van der Waals surface area contributed by atoms with E-state index in [0.717, 1.165) is 28.8 Å². The van der Waals surface area contributed by atoms with E-state index in [4.69, 9.17) is 0 Å². The fraction of sp³-hybridized carbons (Fsp3) is 0.250. The Morgan fingerprint density at radius 1 is 0.972 bits per heavy atom. The van der Waals surface area contributed by atoms with Crippen LogP contribution < -0.4 is 21.2 Å². The highest BCUT2D eigenvalue weighted by Gasteiger charge is 2.31. The fourth-order valence-electron chi connectivity index (χ4n) is 4.22. The van der Waals surface area contributed by atoms with Gasteiger partial charge < -0.3 is 19.2 Å². The van der Waals surface area contributed by atoms with Gasteiger partial charge in [-0.05, 0) is 55.7 Å². The monoisotopic (exact) mass is 498 g/mol. The van der Waals surface area contributed by atoms with Gasteiger partial charge in [-0.2, -0.15) is 4.68 Å². The number of halogens is 3. The topological polar surface area (TPSA) is 96.0 Å². The second-order valence-electron chi connectivity index (χ2n) is 8.26. The minimum Gasteiger partial charge on any atom is -0.406 e. The number of hydrogen-bond donors (Lipinski definition) is 1. The summed E-state index contributed by atoms with van der Waals surface area (Å²) in [6, 6.07) is 8.27. The van der Waals surface area contributed by atoms with Crippen LogP contribution in [0.3, 0.4) is 0 Å². The molecule has 0 fully saturated rings. The van der Waals surface area contributed by atoms with Gasteiger partial charge in [0.1, 0.15) is 11.4 Å². The summed E-state index contributed by atoms with van der Waals surface area (Å²) in [5.41, 5.74) is 1.28. The summed E-state index contributed by atoms with van der Waals surface area (Å²) in [5, 5.41) is 7.53. The van der Waals surface area contributed by atoms with Gasteiger partial charge in [0.2, 0.25) is 0 Å². The maximum atomic E-state index is 13.1. The summed E-state index contributed by atoms with van der Waals surface area (Å²) >= 11 is 0. The van der Waals surface area contributed by atoms with Gasteiger partial charge in [-0.25, -0.2) is 4.98 Å². The van der Waals surface area contributed by atoms with E-state index >= 15 is 0 Å². The number of alkyl halides is 3. The largest absolute Gasteiger partial charge is 0.573 e. The molecule has 0 radical (unpaired) electrons. The van der Waals surface area contributed by atoms with Crippen LogP contribution in [0.15, 0.2) is 70.9 Å². The molecular weight excluding hydrogens is 477 g/mol. The lowest BCUT2D eigenvalue weighted by atomic mass is 10.2. The molecule has 3 heterocycles. The van der Waals surface area contributed by atoms with E-state index < -0.39 is 12.1 Å². The average Bonchev–Trinajstić information content (AvgIpc) is 3.54. The van der Waals surface area contributed by atoms with Crippen molar-refractivity contribution in [3.8, 4) is 11.4 Å². The van der Waals surface area contributed by atoms with Crippen molar-refractivity contribution in [3.63, 3.8) is 0 Å². The minimum atomic E-state index is -4.82. The molecule has 1 aliphatic rings. The van der Waals surface area contributed by atoms with Gasteiger partial charge in [-0.1, -0.05) is 0 Å². The molecule has 12 heteroatoms. The van der Waals surface area contributed by atoms with E-state index in [1.54, 1.807) is 35.4 Å². The highest BCUT2D eigenvalue weighted by molar-refractivity contribution is 5.61. The van der Waals surface area contributed by atoms with Crippen LogP contribution in [0.4, 0.5) is 24.7 Å². The number of anilines is 2. The zero-order valence-corrected chi connectivity index (χ0v) is 18.9. The van der Waals surface area contributed by atoms with E-state index in [-0.39, 0.29) is 16.8 Å². The Kier molecular flexibility index (Phi) is 6.08. The van der Waals surface area contributed by atoms with Crippen LogP contribution in [0, 0.1) is 0 Å². The summed E-state index contributed by atoms with van der Waals surface area (Å²) in [6.45, 7) is 0.998. The summed E-state index contributed by atoms with van der Waals surface area (Å²) in [7, 11) is 0. The first-order chi connectivity index (χ1) is 17.3. The molecule has 0 spiro atoms. The molecule has 5 rings (SSSR count). The molecule has 0 unspecified atom stereocenters. The molecule has 1 aromatic carbocycles. The highest BCUT2D eigenvalue weighted by atomic mass is 19.4. The van der Waals surface area contributed by atoms with Crippen molar-refractivity contribution in [3.05, 3.63) is 93.2 Å². The van der Waals surface area contributed by atoms with Crippen molar-refractivity contribution in [1.29, 1.82) is 0 Å². The number of imidazole rings is 1. The number of aromatic nitrogens is 5. The van der Waals surface area contributed by atoms with Crippen LogP contribution in [0.5, 0.6) is 5.75 Å². The van der Waals surface area contributed by atoms with Crippen LogP contribution in [0.25, 0.3) is 5.69 Å². The highest BCUT2D eigenvalue weighted by Crippen LogP contribution is 2.28. The number of hydrogen-bond acceptors (Lipinski definition) is 6. The maximum Gasteiger partial charge on any atom is 0.573 e. The zero-order chi connectivity index (χ0) is 25.3. The number of nitrogens with zero attached hydrogens (tertiary/aromatic N) is 5. The standard InChI is InChI=1S/C24H21F3N6O3/c25-24(26,27)36-17-8-6-16(7-9-17)33-22(34)19-4-1-3-18(19)21(30-33)29-20-5-2-11-32(23(20)35)14-13-31-12-10-28-15-31/h2,5-12,15H,1,3-4,13-14H2,(H,29,30). The lowest BCUT2D eigenvalue weighted by Gasteiger charge is -2.15. The van der Waals surface area contributed by atoms with Gasteiger partial charge in [-0.15, -0.1) is 18.3 Å². The summed E-state index contributed by atoms with van der Waals surface area (Å²) in [4.78, 5) is 30.2. The van der Waals surface area contributed by atoms with Gasteiger partial charge in [0.25, 0.3) is 11.1 Å². The Bertz CT molecular complexity index is 1490. The van der Waals surface area contributed by atoms with Crippen LogP contribution in [-0.4, -0.2) is 30.3 Å². The van der Waals surface area contributed by atoms with Crippen molar-refractivity contribution in [2.75, 3.05) is 5.32 Å². The van der Waals surface area contributed by atoms with Crippen molar-refractivity contribution >= 4 is 11.5 Å². The number of fused-ring (bicyclic) bond motifs is 1. The van der Waals surface area contributed by atoms with E-state index in [1.807, 2.05) is 10.8 Å². The third kappa shape index (κ3) is 4.88. The summed E-state index contributed by atoms with van der Waals surface area (Å²) in [5.74, 6) is -0.0403. The molecule has 0 saturated carbocycles. The summed E-state index contributed by atoms with van der Waals surface area (Å²) in [6.07, 6.45) is 3.95. The normalized spacial score (nSPS) is 13.0. The van der Waals surface area contributed by atoms with E-state index in [2.05, 4.69) is 20.1 Å². The zero-order valence-electron chi connectivity index (χ0n) is 18.9. The Balaban J connectivity index is 1.46. The molecule has 4 aromatic rings. The average molecular weight is 498 g/mol. The van der Waals surface area contributed by atoms with Gasteiger partial charge in [0.05, 0.1) is 12.0 Å². The van der Waals surface area contributed by atoms with Gasteiger partial charge in [0, 0.05) is 42.8 Å². The Hall–Kier alpha value is -4.35. The lowest BCUT2D eigenvalue weighted by Crippen LogP contribution is -2.28. The predicted octanol–water partition coefficient (Wildman–Crippen LogP) is 3.42. The molecule has 0 amide bonds. The quantitative estimate of drug-likeness (QED) is 0.420. The van der Waals surface area contributed by atoms with Crippen molar-refractivity contribution in [2.24, 2.45) is 0 Å². The second-order valence-corrected chi connectivity index (χ2v) is 8.26. The van der Waals surface area contributed by atoms with E-state index in [1.165, 1.54) is 12.1 Å². The first-order valence-electron chi connectivity index (χ1n) is 11.2. The SMILES string of the molecule is O=c1c(Nc2nn(-c3ccc(OC(F)(F)F)cc3)c(=O)c3c2CCC3)cccn1CCn1ccnc1. The first-order valence-corrected chi connectivity index (χ1v) is 11.2. The molecule has 0 atom stereocenters. The molecule has 1 N–H and O–H groups in total. The van der Waals surface area contributed by atoms with Gasteiger partial charge >= 0.3 is 6.36 Å². The molecule has 0 bridgehead atoms. The fourth-order valence-corrected chi connectivity index (χ4v) is 4.22. The lowest BCUT2D eigenvalue weighted by molar-refractivity contribution is -0.274. The molecule has 0 aliphatic heterocycles. The number of aryl methyl sites for hydroxylation is 2. The van der Waals surface area contributed by atoms with Crippen LogP contribution in [-0.2, 0) is 25.9 Å². The Morgan fingerprint density at radius 2 is 1.75 bits per heavy atom. The number of rotatable bonds is 7. The second kappa shape index (κ2) is 9.36. The van der Waals surface area contributed by atoms with Crippen LogP contribution in [0.1, 0.15) is 17.5 Å².